The lowest BCUT2D eigenvalue weighted by Crippen LogP contribution is -2.45. The van der Waals surface area contributed by atoms with Crippen molar-refractivity contribution < 1.29 is 42.2 Å². The number of likely N-dealkylation sites (N-methyl/N-ethyl adjacent to an activating group) is 1. The van der Waals surface area contributed by atoms with Crippen LogP contribution in [0.2, 0.25) is 0 Å². The van der Waals surface area contributed by atoms with Crippen molar-refractivity contribution in [1.82, 2.24) is 14.5 Å². The molecule has 42 heavy (non-hydrogen) atoms. The Morgan fingerprint density at radius 3 is 2.38 bits per heavy atom. The number of ether oxygens (including phenoxy) is 7. The molecule has 1 saturated heterocycles. The van der Waals surface area contributed by atoms with Crippen molar-refractivity contribution in [3.05, 3.63) is 45.9 Å². The van der Waals surface area contributed by atoms with Crippen molar-refractivity contribution in [1.29, 1.82) is 0 Å². The van der Waals surface area contributed by atoms with Crippen LogP contribution in [-0.2, 0) is 41.1 Å². The van der Waals surface area contributed by atoms with Crippen LogP contribution < -0.4 is 19.5 Å². The second kappa shape index (κ2) is 13.0. The fourth-order valence-electron chi connectivity index (χ4n) is 6.14. The number of carbonyl (C=O) groups is 1. The predicted octanol–water partition coefficient (Wildman–Crippen LogP) is 1.83. The number of methoxy groups -OCH3 is 4. The monoisotopic (exact) mass is 605 g/mol. The molecule has 6 rings (SSSR count). The molecule has 5 aliphatic rings. The zero-order valence-electron chi connectivity index (χ0n) is 24.9. The van der Waals surface area contributed by atoms with Gasteiger partial charge in [0.2, 0.25) is 12.5 Å². The summed E-state index contributed by atoms with van der Waals surface area (Å²) in [6.45, 7) is 3.51. The van der Waals surface area contributed by atoms with Crippen LogP contribution in [0, 0.1) is 0 Å². The van der Waals surface area contributed by atoms with E-state index in [1.54, 1.807) is 28.4 Å². The van der Waals surface area contributed by atoms with Crippen molar-refractivity contribution in [3.8, 4) is 17.2 Å². The molecule has 0 amide bonds. The summed E-state index contributed by atoms with van der Waals surface area (Å²) in [5.41, 5.74) is 2.89. The molecular weight excluding hydrogens is 566 g/mol. The Bertz CT molecular complexity index is 1340. The van der Waals surface area contributed by atoms with Crippen molar-refractivity contribution >= 4 is 17.0 Å². The smallest absolute Gasteiger partial charge is 0.342 e. The number of fused-ring (bicyclic) bond motifs is 2. The molecule has 1 aromatic carbocycles. The largest absolute Gasteiger partial charge is 0.493 e. The SMILES string of the molecule is COC.COC1=C(OC)C2=C(CC=C1)C(C1c3c(c(S(=O)N4CCNCC4)c4c(c3OC)OCO4)CCN1C)OC2=O. The average Bonchev–Trinajstić information content (AvgIpc) is 3.54. The Morgan fingerprint density at radius 1 is 1.00 bits per heavy atom. The summed E-state index contributed by atoms with van der Waals surface area (Å²) in [7, 11) is 8.42. The summed E-state index contributed by atoms with van der Waals surface area (Å²) < 4.78 is 55.3. The lowest BCUT2D eigenvalue weighted by atomic mass is 9.84. The van der Waals surface area contributed by atoms with Gasteiger partial charge in [-0.15, -0.1) is 0 Å². The minimum atomic E-state index is -1.47. The lowest BCUT2D eigenvalue weighted by Gasteiger charge is -2.40. The van der Waals surface area contributed by atoms with Gasteiger partial charge in [0.1, 0.15) is 27.6 Å². The van der Waals surface area contributed by atoms with Gasteiger partial charge in [-0.3, -0.25) is 4.90 Å². The maximum absolute atomic E-state index is 14.1. The van der Waals surface area contributed by atoms with E-state index >= 15 is 0 Å². The van der Waals surface area contributed by atoms with E-state index in [1.165, 1.54) is 7.11 Å². The van der Waals surface area contributed by atoms with Gasteiger partial charge in [-0.25, -0.2) is 13.3 Å². The number of rotatable bonds is 6. The lowest BCUT2D eigenvalue weighted by molar-refractivity contribution is -0.142. The third kappa shape index (κ3) is 5.17. The average molecular weight is 606 g/mol. The van der Waals surface area contributed by atoms with Crippen molar-refractivity contribution in [2.45, 2.75) is 29.9 Å². The van der Waals surface area contributed by atoms with Crippen LogP contribution in [0.15, 0.2) is 39.7 Å². The Kier molecular flexibility index (Phi) is 9.43. The second-order valence-corrected chi connectivity index (χ2v) is 11.7. The van der Waals surface area contributed by atoms with Crippen molar-refractivity contribution in [3.63, 3.8) is 0 Å². The maximum Gasteiger partial charge on any atom is 0.342 e. The molecule has 1 N–H and O–H groups in total. The minimum Gasteiger partial charge on any atom is -0.493 e. The molecule has 13 heteroatoms. The van der Waals surface area contributed by atoms with E-state index in [4.69, 9.17) is 28.4 Å². The third-order valence-corrected chi connectivity index (χ3v) is 9.53. The first kappa shape index (κ1) is 30.4. The Labute approximate surface area is 248 Å². The molecule has 0 spiro atoms. The van der Waals surface area contributed by atoms with Crippen LogP contribution in [0.25, 0.3) is 0 Å². The summed E-state index contributed by atoms with van der Waals surface area (Å²) in [6, 6.07) is -0.413. The van der Waals surface area contributed by atoms with Gasteiger partial charge in [0.05, 0.1) is 27.4 Å². The van der Waals surface area contributed by atoms with E-state index in [0.29, 0.717) is 71.7 Å². The highest BCUT2D eigenvalue weighted by Gasteiger charge is 2.49. The molecule has 12 nitrogen and oxygen atoms in total. The van der Waals surface area contributed by atoms with Crippen LogP contribution in [0.5, 0.6) is 17.2 Å². The third-order valence-electron chi connectivity index (χ3n) is 7.91. The number of carbonyl (C=O) groups excluding carboxylic acids is 1. The van der Waals surface area contributed by atoms with E-state index in [9.17, 15) is 9.00 Å². The molecular formula is C29H39N3O9S. The first-order valence-corrected chi connectivity index (χ1v) is 15.0. The molecule has 3 atom stereocenters. The molecule has 4 aliphatic heterocycles. The highest BCUT2D eigenvalue weighted by Crippen LogP contribution is 2.55. The van der Waals surface area contributed by atoms with Crippen LogP contribution in [-0.4, -0.2) is 108 Å². The topological polar surface area (TPSA) is 117 Å². The number of cyclic esters (lactones) is 1. The Morgan fingerprint density at radius 2 is 1.71 bits per heavy atom. The van der Waals surface area contributed by atoms with Crippen LogP contribution in [0.3, 0.4) is 0 Å². The molecule has 3 unspecified atom stereocenters. The number of nitrogens with zero attached hydrogens (tertiary/aromatic N) is 2. The van der Waals surface area contributed by atoms with Gasteiger partial charge in [0.15, 0.2) is 23.0 Å². The predicted molar refractivity (Wildman–Crippen MR) is 154 cm³/mol. The number of piperazine rings is 1. The van der Waals surface area contributed by atoms with Crippen LogP contribution in [0.1, 0.15) is 23.6 Å². The molecule has 0 aromatic heterocycles. The zero-order chi connectivity index (χ0) is 30.0. The molecule has 1 fully saturated rings. The number of benzene rings is 1. The van der Waals surface area contributed by atoms with E-state index in [1.807, 2.05) is 23.5 Å². The van der Waals surface area contributed by atoms with E-state index in [2.05, 4.69) is 15.0 Å². The van der Waals surface area contributed by atoms with Gasteiger partial charge >= 0.3 is 5.97 Å². The molecule has 1 aliphatic carbocycles. The van der Waals surface area contributed by atoms with Gasteiger partial charge in [0, 0.05) is 52.5 Å². The summed E-state index contributed by atoms with van der Waals surface area (Å²) in [4.78, 5) is 16.1. The minimum absolute atomic E-state index is 0.0150. The highest BCUT2D eigenvalue weighted by molar-refractivity contribution is 7.82. The Hall–Kier alpha value is -3.10. The van der Waals surface area contributed by atoms with Gasteiger partial charge in [-0.2, -0.15) is 0 Å². The molecule has 0 bridgehead atoms. The van der Waals surface area contributed by atoms with Crippen LogP contribution in [0.4, 0.5) is 0 Å². The number of esters is 1. The fourth-order valence-corrected chi connectivity index (χ4v) is 7.64. The van der Waals surface area contributed by atoms with E-state index in [0.717, 1.165) is 29.8 Å². The second-order valence-electron chi connectivity index (χ2n) is 10.3. The number of allylic oxidation sites excluding steroid dienone is 2. The summed E-state index contributed by atoms with van der Waals surface area (Å²) in [5.74, 6) is 1.78. The van der Waals surface area contributed by atoms with Gasteiger partial charge in [0.25, 0.3) is 0 Å². The zero-order valence-corrected chi connectivity index (χ0v) is 25.8. The van der Waals surface area contributed by atoms with Crippen molar-refractivity contribution in [2.24, 2.45) is 0 Å². The molecule has 230 valence electrons. The first-order valence-electron chi connectivity index (χ1n) is 13.8. The number of hydrogen-bond donors (Lipinski definition) is 1. The fraction of sp³-hybridized carbons (Fsp3) is 0.552. The van der Waals surface area contributed by atoms with Gasteiger partial charge in [-0.05, 0) is 37.1 Å². The summed E-state index contributed by atoms with van der Waals surface area (Å²) in [6.07, 6.45) is 4.25. The Balaban J connectivity index is 0.00000113. The standard InChI is InChI=1S/C27H33N3O8S.C2H6O/c1-29-11-8-16-18(20(29)21-15-6-5-7-17(33-2)22(34-3)19(15)27(31)38-21)23(35-4)24-25(37-14-36-24)26(16)39(32)30-12-9-28-10-13-30;1-3-2/h5,7,20-21,28H,6,8-14H2,1-4H3;1-2H3. The van der Waals surface area contributed by atoms with Crippen LogP contribution >= 0.6 is 0 Å². The maximum atomic E-state index is 14.1. The normalized spacial score (nSPS) is 24.3. The highest BCUT2D eigenvalue weighted by atomic mass is 32.2. The number of hydrogen-bond acceptors (Lipinski definition) is 11. The van der Waals surface area contributed by atoms with E-state index < -0.39 is 29.1 Å². The molecule has 0 saturated carbocycles. The molecule has 0 radical (unpaired) electrons. The quantitative estimate of drug-likeness (QED) is 0.479. The molecule has 1 aromatic rings. The number of nitrogens with one attached hydrogen (secondary N) is 1. The van der Waals surface area contributed by atoms with Crippen molar-refractivity contribution in [2.75, 3.05) is 82.1 Å². The summed E-state index contributed by atoms with van der Waals surface area (Å²) in [5, 5.41) is 3.31. The molecule has 4 heterocycles. The van der Waals surface area contributed by atoms with E-state index in [-0.39, 0.29) is 6.79 Å². The van der Waals surface area contributed by atoms with Gasteiger partial charge in [-0.1, -0.05) is 6.08 Å². The van der Waals surface area contributed by atoms with Gasteiger partial charge < -0.3 is 38.5 Å². The first-order chi connectivity index (χ1) is 20.4. The summed E-state index contributed by atoms with van der Waals surface area (Å²) >= 11 is 0.